The number of carbonyl (C=O) groups excluding carboxylic acids is 1. The van der Waals surface area contributed by atoms with Gasteiger partial charge in [-0.3, -0.25) is 4.79 Å². The van der Waals surface area contributed by atoms with Gasteiger partial charge >= 0.3 is 6.18 Å². The van der Waals surface area contributed by atoms with Gasteiger partial charge in [0.15, 0.2) is 0 Å². The fraction of sp³-hybridized carbons (Fsp3) is 0.533. The molecule has 1 aromatic rings. The number of carbonyl (C=O) groups is 1. The van der Waals surface area contributed by atoms with Crippen LogP contribution in [0.5, 0.6) is 0 Å². The van der Waals surface area contributed by atoms with Crippen molar-refractivity contribution < 1.29 is 18.0 Å². The minimum Gasteiger partial charge on any atom is -0.336 e. The van der Waals surface area contributed by atoms with E-state index >= 15 is 0 Å². The van der Waals surface area contributed by atoms with Crippen LogP contribution in [0.2, 0.25) is 0 Å². The standard InChI is InChI=1S/C15H17BrF3NO/c1-2-20(11-5-3-4-6-11)14(21)10-7-8-13(16)12(9-10)15(17,18)19/h7-9,11H,2-6H2,1H3. The third-order valence-electron chi connectivity index (χ3n) is 3.89. The van der Waals surface area contributed by atoms with Crippen molar-refractivity contribution in [3.63, 3.8) is 0 Å². The summed E-state index contributed by atoms with van der Waals surface area (Å²) in [5.74, 6) is -0.317. The van der Waals surface area contributed by atoms with Gasteiger partial charge in [0.1, 0.15) is 0 Å². The number of alkyl halides is 3. The summed E-state index contributed by atoms with van der Waals surface area (Å²) in [6, 6.07) is 3.82. The minimum atomic E-state index is -4.47. The maximum atomic E-state index is 12.9. The zero-order valence-electron chi connectivity index (χ0n) is 11.7. The lowest BCUT2D eigenvalue weighted by Crippen LogP contribution is -2.38. The van der Waals surface area contributed by atoms with Crippen LogP contribution in [0.3, 0.4) is 0 Å². The Kier molecular flexibility index (Phi) is 4.96. The van der Waals surface area contributed by atoms with Gasteiger partial charge < -0.3 is 4.90 Å². The van der Waals surface area contributed by atoms with Gasteiger partial charge in [-0.05, 0) is 38.0 Å². The Bertz CT molecular complexity index is 524. The minimum absolute atomic E-state index is 0.0459. The normalized spacial score (nSPS) is 16.2. The molecule has 0 unspecified atom stereocenters. The highest BCUT2D eigenvalue weighted by molar-refractivity contribution is 9.10. The molecule has 0 heterocycles. The van der Waals surface area contributed by atoms with Gasteiger partial charge in [-0.2, -0.15) is 13.2 Å². The first-order chi connectivity index (χ1) is 9.84. The van der Waals surface area contributed by atoms with Gasteiger partial charge in [-0.15, -0.1) is 0 Å². The molecule has 1 aliphatic rings. The van der Waals surface area contributed by atoms with Crippen LogP contribution in [-0.4, -0.2) is 23.4 Å². The van der Waals surface area contributed by atoms with Gasteiger partial charge in [0.25, 0.3) is 5.91 Å². The second kappa shape index (κ2) is 6.38. The zero-order valence-corrected chi connectivity index (χ0v) is 13.3. The van der Waals surface area contributed by atoms with Crippen molar-refractivity contribution in [2.45, 2.75) is 44.8 Å². The molecule has 2 rings (SSSR count). The summed E-state index contributed by atoms with van der Waals surface area (Å²) in [7, 11) is 0. The number of benzene rings is 1. The van der Waals surface area contributed by atoms with Crippen LogP contribution < -0.4 is 0 Å². The molecule has 1 fully saturated rings. The Morgan fingerprint density at radius 1 is 1.33 bits per heavy atom. The summed E-state index contributed by atoms with van der Waals surface area (Å²) in [4.78, 5) is 14.2. The molecule has 1 aromatic carbocycles. The molecule has 0 bridgehead atoms. The smallest absolute Gasteiger partial charge is 0.336 e. The molecule has 2 nitrogen and oxygen atoms in total. The van der Waals surface area contributed by atoms with E-state index in [4.69, 9.17) is 0 Å². The molecule has 1 saturated carbocycles. The monoisotopic (exact) mass is 363 g/mol. The van der Waals surface area contributed by atoms with E-state index in [1.807, 2.05) is 6.92 Å². The second-order valence-electron chi connectivity index (χ2n) is 5.22. The van der Waals surface area contributed by atoms with Crippen LogP contribution in [0, 0.1) is 0 Å². The molecule has 0 spiro atoms. The van der Waals surface area contributed by atoms with E-state index in [9.17, 15) is 18.0 Å². The average molecular weight is 364 g/mol. The number of hydrogen-bond donors (Lipinski definition) is 0. The first kappa shape index (κ1) is 16.3. The molecule has 0 aliphatic heterocycles. The van der Waals surface area contributed by atoms with Crippen LogP contribution in [0.4, 0.5) is 13.2 Å². The Hall–Kier alpha value is -1.04. The Morgan fingerprint density at radius 3 is 2.48 bits per heavy atom. The van der Waals surface area contributed by atoms with Gasteiger partial charge in [-0.25, -0.2) is 0 Å². The van der Waals surface area contributed by atoms with E-state index in [1.54, 1.807) is 4.90 Å². The highest BCUT2D eigenvalue weighted by Gasteiger charge is 2.34. The summed E-state index contributed by atoms with van der Waals surface area (Å²) in [5, 5.41) is 0. The van der Waals surface area contributed by atoms with Crippen molar-refractivity contribution in [2.75, 3.05) is 6.54 Å². The molecule has 0 aromatic heterocycles. The molecule has 1 aliphatic carbocycles. The largest absolute Gasteiger partial charge is 0.417 e. The third-order valence-corrected chi connectivity index (χ3v) is 4.58. The predicted molar refractivity (Wildman–Crippen MR) is 78.1 cm³/mol. The topological polar surface area (TPSA) is 20.3 Å². The summed E-state index contributed by atoms with van der Waals surface area (Å²) < 4.78 is 38.7. The lowest BCUT2D eigenvalue weighted by molar-refractivity contribution is -0.138. The van der Waals surface area contributed by atoms with E-state index in [-0.39, 0.29) is 22.0 Å². The van der Waals surface area contributed by atoms with Gasteiger partial charge in [0.2, 0.25) is 0 Å². The number of hydrogen-bond acceptors (Lipinski definition) is 1. The van der Waals surface area contributed by atoms with Crippen molar-refractivity contribution in [1.82, 2.24) is 4.90 Å². The van der Waals surface area contributed by atoms with Gasteiger partial charge in [0.05, 0.1) is 5.56 Å². The number of rotatable bonds is 3. The van der Waals surface area contributed by atoms with Crippen LogP contribution in [0.15, 0.2) is 22.7 Å². The Balaban J connectivity index is 2.30. The van der Waals surface area contributed by atoms with E-state index in [0.29, 0.717) is 6.54 Å². The van der Waals surface area contributed by atoms with Crippen molar-refractivity contribution >= 4 is 21.8 Å². The van der Waals surface area contributed by atoms with Gasteiger partial charge in [-0.1, -0.05) is 28.8 Å². The molecule has 0 radical (unpaired) electrons. The van der Waals surface area contributed by atoms with Crippen LogP contribution in [0.1, 0.15) is 48.5 Å². The molecular formula is C15H17BrF3NO. The number of nitrogens with zero attached hydrogens (tertiary/aromatic N) is 1. The fourth-order valence-corrected chi connectivity index (χ4v) is 3.30. The third kappa shape index (κ3) is 3.59. The predicted octanol–water partition coefficient (Wildman–Crippen LogP) is 4.87. The van der Waals surface area contributed by atoms with E-state index in [2.05, 4.69) is 15.9 Å². The van der Waals surface area contributed by atoms with E-state index < -0.39 is 11.7 Å². The first-order valence-electron chi connectivity index (χ1n) is 7.02. The lowest BCUT2D eigenvalue weighted by atomic mass is 10.1. The molecule has 0 saturated heterocycles. The molecule has 116 valence electrons. The molecular weight excluding hydrogens is 347 g/mol. The highest BCUT2D eigenvalue weighted by atomic mass is 79.9. The average Bonchev–Trinajstić information content (AvgIpc) is 2.92. The summed E-state index contributed by atoms with van der Waals surface area (Å²) >= 11 is 2.89. The highest BCUT2D eigenvalue weighted by Crippen LogP contribution is 2.35. The maximum Gasteiger partial charge on any atom is 0.417 e. The quantitative estimate of drug-likeness (QED) is 0.749. The SMILES string of the molecule is CCN(C(=O)c1ccc(Br)c(C(F)(F)F)c1)C1CCCC1. The molecule has 0 atom stereocenters. The molecule has 1 amide bonds. The summed E-state index contributed by atoms with van der Waals surface area (Å²) in [6.45, 7) is 2.38. The van der Waals surface area contributed by atoms with Gasteiger partial charge in [0, 0.05) is 22.6 Å². The summed E-state index contributed by atoms with van der Waals surface area (Å²) in [6.07, 6.45) is -0.463. The Labute approximate surface area is 130 Å². The zero-order chi connectivity index (χ0) is 15.6. The molecule has 21 heavy (non-hydrogen) atoms. The Morgan fingerprint density at radius 2 is 1.95 bits per heavy atom. The van der Waals surface area contributed by atoms with Crippen molar-refractivity contribution in [3.8, 4) is 0 Å². The number of halogens is 4. The van der Waals surface area contributed by atoms with Crippen molar-refractivity contribution in [3.05, 3.63) is 33.8 Å². The molecule has 6 heteroatoms. The van der Waals surface area contributed by atoms with Crippen LogP contribution >= 0.6 is 15.9 Å². The van der Waals surface area contributed by atoms with Crippen molar-refractivity contribution in [1.29, 1.82) is 0 Å². The second-order valence-corrected chi connectivity index (χ2v) is 6.08. The maximum absolute atomic E-state index is 12.9. The molecule has 0 N–H and O–H groups in total. The van der Waals surface area contributed by atoms with Crippen molar-refractivity contribution in [2.24, 2.45) is 0 Å². The van der Waals surface area contributed by atoms with Crippen LogP contribution in [0.25, 0.3) is 0 Å². The first-order valence-corrected chi connectivity index (χ1v) is 7.81. The van der Waals surface area contributed by atoms with E-state index in [0.717, 1.165) is 31.7 Å². The van der Waals surface area contributed by atoms with E-state index in [1.165, 1.54) is 12.1 Å². The summed E-state index contributed by atoms with van der Waals surface area (Å²) in [5.41, 5.74) is -0.713. The number of amides is 1. The van der Waals surface area contributed by atoms with Crippen LogP contribution in [-0.2, 0) is 6.18 Å². The fourth-order valence-electron chi connectivity index (χ4n) is 2.82. The lowest BCUT2D eigenvalue weighted by Gasteiger charge is -2.28.